The number of nitrogens with one attached hydrogen (secondary N) is 1. The molecule has 0 aliphatic carbocycles. The minimum absolute atomic E-state index is 0.0482. The van der Waals surface area contributed by atoms with E-state index in [0.717, 1.165) is 22.0 Å². The van der Waals surface area contributed by atoms with Crippen LogP contribution in [-0.4, -0.2) is 30.7 Å². The zero-order chi connectivity index (χ0) is 20.6. The van der Waals surface area contributed by atoms with Crippen LogP contribution >= 0.6 is 0 Å². The van der Waals surface area contributed by atoms with Crippen LogP contribution in [0.2, 0.25) is 0 Å². The van der Waals surface area contributed by atoms with Gasteiger partial charge in [-0.25, -0.2) is 4.39 Å². The average molecular weight is 391 g/mol. The topological polar surface area (TPSA) is 67.0 Å². The second kappa shape index (κ2) is 9.67. The zero-order valence-electron chi connectivity index (χ0n) is 16.2. The summed E-state index contributed by atoms with van der Waals surface area (Å²) in [5.74, 6) is -0.677. The number of carbonyl (C=O) groups excluding carboxylic acids is 1. The Morgan fingerprint density at radius 2 is 2.00 bits per heavy atom. The highest BCUT2D eigenvalue weighted by Crippen LogP contribution is 2.24. The molecule has 5 nitrogen and oxygen atoms in total. The van der Waals surface area contributed by atoms with Crippen LogP contribution in [-0.2, 0) is 16.1 Å². The Morgan fingerprint density at radius 3 is 2.72 bits per heavy atom. The number of ether oxygens (including phenoxy) is 1. The fraction of sp³-hybridized carbons (Fsp3) is 0.217. The minimum atomic E-state index is -0.404. The molecule has 0 bridgehead atoms. The summed E-state index contributed by atoms with van der Waals surface area (Å²) < 4.78 is 20.2. The van der Waals surface area contributed by atoms with Gasteiger partial charge in [-0.05, 0) is 36.3 Å². The number of benzene rings is 2. The van der Waals surface area contributed by atoms with Gasteiger partial charge >= 0.3 is 0 Å². The molecule has 1 N–H and O–H groups in total. The highest BCUT2D eigenvalue weighted by atomic mass is 19.1. The molecular formula is C23H22FN3O2. The van der Waals surface area contributed by atoms with Crippen LogP contribution in [0, 0.1) is 17.1 Å². The Kier molecular flexibility index (Phi) is 6.77. The summed E-state index contributed by atoms with van der Waals surface area (Å²) in [4.78, 5) is 12.3. The lowest BCUT2D eigenvalue weighted by molar-refractivity contribution is -0.117. The molecule has 2 aromatic carbocycles. The van der Waals surface area contributed by atoms with Crippen molar-refractivity contribution < 1.29 is 13.9 Å². The maximum atomic E-state index is 13.2. The molecule has 0 saturated carbocycles. The lowest BCUT2D eigenvalue weighted by Crippen LogP contribution is -2.26. The third-order valence-electron chi connectivity index (χ3n) is 4.56. The van der Waals surface area contributed by atoms with E-state index in [1.807, 2.05) is 41.1 Å². The summed E-state index contributed by atoms with van der Waals surface area (Å²) >= 11 is 0. The van der Waals surface area contributed by atoms with Crippen molar-refractivity contribution in [2.75, 3.05) is 20.3 Å². The molecule has 0 spiro atoms. The van der Waals surface area contributed by atoms with Crippen molar-refractivity contribution in [3.05, 3.63) is 77.2 Å². The van der Waals surface area contributed by atoms with Gasteiger partial charge in [0.25, 0.3) is 5.91 Å². The molecule has 3 aromatic rings. The van der Waals surface area contributed by atoms with Crippen LogP contribution in [0.3, 0.4) is 0 Å². The van der Waals surface area contributed by atoms with Gasteiger partial charge in [-0.3, -0.25) is 4.79 Å². The largest absolute Gasteiger partial charge is 0.385 e. The molecule has 3 rings (SSSR count). The number of rotatable bonds is 8. The quantitative estimate of drug-likeness (QED) is 0.360. The van der Waals surface area contributed by atoms with Gasteiger partial charge in [-0.15, -0.1) is 0 Å². The Labute approximate surface area is 169 Å². The molecule has 0 saturated heterocycles. The van der Waals surface area contributed by atoms with Crippen molar-refractivity contribution in [2.24, 2.45) is 0 Å². The van der Waals surface area contributed by atoms with Crippen molar-refractivity contribution in [2.45, 2.75) is 13.0 Å². The number of carbonyl (C=O) groups is 1. The Hall–Kier alpha value is -3.43. The number of para-hydroxylation sites is 1. The van der Waals surface area contributed by atoms with Crippen LogP contribution in [0.5, 0.6) is 0 Å². The first-order valence-electron chi connectivity index (χ1n) is 9.33. The monoisotopic (exact) mass is 391 g/mol. The van der Waals surface area contributed by atoms with Crippen LogP contribution in [0.1, 0.15) is 17.5 Å². The molecule has 0 aliphatic heterocycles. The molecule has 6 heteroatoms. The van der Waals surface area contributed by atoms with Gasteiger partial charge in [-0.1, -0.05) is 30.3 Å². The molecule has 1 amide bonds. The summed E-state index contributed by atoms with van der Waals surface area (Å²) in [7, 11) is 1.60. The molecule has 0 atom stereocenters. The summed E-state index contributed by atoms with van der Waals surface area (Å²) in [5.41, 5.74) is 2.76. The van der Waals surface area contributed by atoms with Gasteiger partial charge in [0.1, 0.15) is 17.5 Å². The molecule has 1 aromatic heterocycles. The van der Waals surface area contributed by atoms with Gasteiger partial charge in [0.15, 0.2) is 0 Å². The van der Waals surface area contributed by atoms with Gasteiger partial charge in [0.2, 0.25) is 0 Å². The van der Waals surface area contributed by atoms with Crippen molar-refractivity contribution >= 4 is 22.9 Å². The van der Waals surface area contributed by atoms with Gasteiger partial charge in [0, 0.05) is 49.5 Å². The number of aromatic nitrogens is 1. The first-order valence-corrected chi connectivity index (χ1v) is 9.33. The summed E-state index contributed by atoms with van der Waals surface area (Å²) in [6, 6.07) is 16.1. The second-order valence-electron chi connectivity index (χ2n) is 6.63. The van der Waals surface area contributed by atoms with E-state index in [-0.39, 0.29) is 11.4 Å². The number of methoxy groups -OCH3 is 1. The highest BCUT2D eigenvalue weighted by Gasteiger charge is 2.12. The predicted octanol–water partition coefficient (Wildman–Crippen LogP) is 3.89. The molecule has 0 unspecified atom stereocenters. The van der Waals surface area contributed by atoms with Gasteiger partial charge in [0.05, 0.1) is 0 Å². The Morgan fingerprint density at radius 1 is 1.24 bits per heavy atom. The summed E-state index contributed by atoms with van der Waals surface area (Å²) in [6.07, 6.45) is 4.19. The summed E-state index contributed by atoms with van der Waals surface area (Å²) in [6.45, 7) is 1.54. The fourth-order valence-corrected chi connectivity index (χ4v) is 3.13. The molecule has 29 heavy (non-hydrogen) atoms. The number of fused-ring (bicyclic) bond motifs is 1. The number of nitriles is 1. The number of amides is 1. The normalized spacial score (nSPS) is 11.4. The maximum Gasteiger partial charge on any atom is 0.261 e. The third kappa shape index (κ3) is 5.09. The van der Waals surface area contributed by atoms with Crippen molar-refractivity contribution in [3.63, 3.8) is 0 Å². The van der Waals surface area contributed by atoms with E-state index in [4.69, 9.17) is 4.74 Å². The second-order valence-corrected chi connectivity index (χ2v) is 6.63. The number of nitrogens with zero attached hydrogens (tertiary/aromatic N) is 2. The van der Waals surface area contributed by atoms with E-state index in [2.05, 4.69) is 5.32 Å². The standard InChI is InChI=1S/C23H22FN3O2/c1-29-12-4-11-26-23(28)18(14-25)13-19-16-27(22-6-3-2-5-21(19)22)15-17-7-9-20(24)10-8-17/h2-3,5-10,13,16H,4,11-12,15H2,1H3,(H,26,28)/b18-13-. The van der Waals surface area contributed by atoms with Crippen LogP contribution < -0.4 is 5.32 Å². The number of halogens is 1. The lowest BCUT2D eigenvalue weighted by atomic mass is 10.1. The van der Waals surface area contributed by atoms with E-state index in [9.17, 15) is 14.4 Å². The fourth-order valence-electron chi connectivity index (χ4n) is 3.13. The van der Waals surface area contributed by atoms with Crippen molar-refractivity contribution in [1.29, 1.82) is 5.26 Å². The first-order chi connectivity index (χ1) is 14.1. The minimum Gasteiger partial charge on any atom is -0.385 e. The SMILES string of the molecule is COCCCNC(=O)/C(C#N)=C\c1cn(Cc2ccc(F)cc2)c2ccccc12. The van der Waals surface area contributed by atoms with Crippen LogP contribution in [0.15, 0.2) is 60.3 Å². The van der Waals surface area contributed by atoms with E-state index in [1.165, 1.54) is 12.1 Å². The Balaban J connectivity index is 1.88. The number of hydrogen-bond acceptors (Lipinski definition) is 3. The van der Waals surface area contributed by atoms with E-state index in [0.29, 0.717) is 26.1 Å². The lowest BCUT2D eigenvalue weighted by Gasteiger charge is -2.05. The Bertz CT molecular complexity index is 1060. The zero-order valence-corrected chi connectivity index (χ0v) is 16.2. The first kappa shape index (κ1) is 20.3. The third-order valence-corrected chi connectivity index (χ3v) is 4.56. The van der Waals surface area contributed by atoms with Gasteiger partial charge < -0.3 is 14.6 Å². The molecule has 0 fully saturated rings. The molecule has 148 valence electrons. The van der Waals surface area contributed by atoms with Crippen molar-refractivity contribution in [1.82, 2.24) is 9.88 Å². The van der Waals surface area contributed by atoms with Crippen molar-refractivity contribution in [3.8, 4) is 6.07 Å². The molecule has 0 aliphatic rings. The van der Waals surface area contributed by atoms with Crippen LogP contribution in [0.25, 0.3) is 17.0 Å². The molecular weight excluding hydrogens is 369 g/mol. The van der Waals surface area contributed by atoms with Gasteiger partial charge in [-0.2, -0.15) is 5.26 Å². The van der Waals surface area contributed by atoms with E-state index >= 15 is 0 Å². The predicted molar refractivity (Wildman–Crippen MR) is 111 cm³/mol. The number of hydrogen-bond donors (Lipinski definition) is 1. The smallest absolute Gasteiger partial charge is 0.261 e. The summed E-state index contributed by atoms with van der Waals surface area (Å²) in [5, 5.41) is 13.1. The van der Waals surface area contributed by atoms with Crippen LogP contribution in [0.4, 0.5) is 4.39 Å². The highest BCUT2D eigenvalue weighted by molar-refractivity contribution is 6.04. The maximum absolute atomic E-state index is 13.2. The van der Waals surface area contributed by atoms with E-state index < -0.39 is 5.91 Å². The van der Waals surface area contributed by atoms with E-state index in [1.54, 1.807) is 25.3 Å². The average Bonchev–Trinajstić information content (AvgIpc) is 3.08. The molecule has 1 heterocycles. The molecule has 0 radical (unpaired) electrons.